The third-order valence-corrected chi connectivity index (χ3v) is 5.76. The van der Waals surface area contributed by atoms with Gasteiger partial charge in [-0.05, 0) is 36.4 Å². The Bertz CT molecular complexity index is 1430. The Morgan fingerprint density at radius 2 is 1.15 bits per heavy atom. The highest BCUT2D eigenvalue weighted by Crippen LogP contribution is 2.46. The van der Waals surface area contributed by atoms with E-state index in [0.29, 0.717) is 0 Å². The largest absolute Gasteiger partial charge is 0.417 e. The predicted octanol–water partition coefficient (Wildman–Crippen LogP) is 6.05. The molecule has 0 aliphatic carbocycles. The number of benzene rings is 3. The average molecular weight is 462 g/mol. The van der Waals surface area contributed by atoms with Crippen LogP contribution in [0.5, 0.6) is 0 Å². The van der Waals surface area contributed by atoms with Crippen LogP contribution in [-0.4, -0.2) is 28.3 Å². The van der Waals surface area contributed by atoms with Gasteiger partial charge in [0, 0.05) is 17.8 Å². The molecule has 33 heavy (non-hydrogen) atoms. The van der Waals surface area contributed by atoms with Gasteiger partial charge in [0.15, 0.2) is 0 Å². The molecule has 0 saturated carbocycles. The van der Waals surface area contributed by atoms with Crippen molar-refractivity contribution in [2.24, 2.45) is 0 Å². The molecule has 2 amide bonds. The minimum Gasteiger partial charge on any atom is -0.308 e. The van der Waals surface area contributed by atoms with Gasteiger partial charge in [0.1, 0.15) is 0 Å². The van der Waals surface area contributed by atoms with Crippen LogP contribution in [0.25, 0.3) is 27.5 Å². The van der Waals surface area contributed by atoms with Gasteiger partial charge in [-0.25, -0.2) is 0 Å². The molecule has 3 aromatic carbocycles. The van der Waals surface area contributed by atoms with E-state index in [9.17, 15) is 35.9 Å². The summed E-state index contributed by atoms with van der Waals surface area (Å²) in [6.07, 6.45) is -9.86. The normalized spacial score (nSPS) is 14.6. The molecule has 0 spiro atoms. The van der Waals surface area contributed by atoms with Gasteiger partial charge >= 0.3 is 12.4 Å². The van der Waals surface area contributed by atoms with Crippen LogP contribution in [0.2, 0.25) is 0 Å². The van der Waals surface area contributed by atoms with Crippen molar-refractivity contribution in [2.75, 3.05) is 7.05 Å². The number of carbonyl (C=O) groups excluding carboxylic acids is 2. The van der Waals surface area contributed by atoms with E-state index in [2.05, 4.69) is 0 Å². The molecule has 0 fully saturated rings. The SMILES string of the molecule is CN1C(=O)c2cccc(-n3c4cccc(C(F)(F)F)c4c4c(C(F)(F)F)cccc43)c2C1=O. The lowest BCUT2D eigenvalue weighted by atomic mass is 10.0. The maximum atomic E-state index is 13.9. The van der Waals surface area contributed by atoms with Gasteiger partial charge in [-0.2, -0.15) is 26.3 Å². The van der Waals surface area contributed by atoms with Gasteiger partial charge in [0.2, 0.25) is 0 Å². The monoisotopic (exact) mass is 462 g/mol. The van der Waals surface area contributed by atoms with E-state index < -0.39 is 46.1 Å². The first kappa shape index (κ1) is 21.0. The number of hydrogen-bond donors (Lipinski definition) is 0. The van der Waals surface area contributed by atoms with Crippen LogP contribution in [0.3, 0.4) is 0 Å². The Labute approximate surface area is 181 Å². The fourth-order valence-corrected chi connectivity index (χ4v) is 4.41. The molecule has 0 atom stereocenters. The summed E-state index contributed by atoms with van der Waals surface area (Å²) in [7, 11) is 1.25. The summed E-state index contributed by atoms with van der Waals surface area (Å²) in [5.74, 6) is -1.30. The first-order valence-corrected chi connectivity index (χ1v) is 9.59. The van der Waals surface area contributed by atoms with E-state index in [1.807, 2.05) is 0 Å². The van der Waals surface area contributed by atoms with Crippen LogP contribution < -0.4 is 0 Å². The maximum Gasteiger partial charge on any atom is 0.417 e. The topological polar surface area (TPSA) is 42.3 Å². The van der Waals surface area contributed by atoms with Gasteiger partial charge in [-0.15, -0.1) is 0 Å². The lowest BCUT2D eigenvalue weighted by Gasteiger charge is -2.12. The molecule has 4 aromatic rings. The molecular weight excluding hydrogens is 450 g/mol. The number of amides is 2. The van der Waals surface area contributed by atoms with Crippen molar-refractivity contribution >= 4 is 33.6 Å². The zero-order valence-corrected chi connectivity index (χ0v) is 16.7. The molecule has 2 heterocycles. The zero-order valence-electron chi connectivity index (χ0n) is 16.7. The number of alkyl halides is 6. The molecule has 0 saturated heterocycles. The molecule has 0 radical (unpaired) electrons. The van der Waals surface area contributed by atoms with Gasteiger partial charge in [0.25, 0.3) is 11.8 Å². The summed E-state index contributed by atoms with van der Waals surface area (Å²) in [6, 6.07) is 10.4. The Balaban J connectivity index is 2.03. The second-order valence-corrected chi connectivity index (χ2v) is 7.60. The molecule has 0 N–H and O–H groups in total. The minimum atomic E-state index is -4.93. The van der Waals surface area contributed by atoms with Gasteiger partial charge in [0.05, 0.1) is 39.0 Å². The van der Waals surface area contributed by atoms with Crippen molar-refractivity contribution in [3.8, 4) is 5.69 Å². The number of imide groups is 1. The smallest absolute Gasteiger partial charge is 0.308 e. The van der Waals surface area contributed by atoms with Crippen LogP contribution in [-0.2, 0) is 12.4 Å². The fourth-order valence-electron chi connectivity index (χ4n) is 4.41. The zero-order chi connectivity index (χ0) is 23.9. The van der Waals surface area contributed by atoms with Crippen LogP contribution in [0.15, 0.2) is 54.6 Å². The number of halogens is 6. The van der Waals surface area contributed by atoms with E-state index >= 15 is 0 Å². The van der Waals surface area contributed by atoms with E-state index in [0.717, 1.165) is 29.2 Å². The van der Waals surface area contributed by atoms with E-state index in [1.165, 1.54) is 41.9 Å². The maximum absolute atomic E-state index is 13.9. The summed E-state index contributed by atoms with van der Waals surface area (Å²) in [5, 5.41) is -1.26. The van der Waals surface area contributed by atoms with E-state index in [-0.39, 0.29) is 27.8 Å². The molecule has 10 heteroatoms. The minimum absolute atomic E-state index is 0.0221. The van der Waals surface area contributed by atoms with Crippen molar-refractivity contribution in [3.63, 3.8) is 0 Å². The highest BCUT2D eigenvalue weighted by Gasteiger charge is 2.40. The second-order valence-electron chi connectivity index (χ2n) is 7.60. The molecule has 1 aliphatic rings. The number of carbonyl (C=O) groups is 2. The lowest BCUT2D eigenvalue weighted by molar-refractivity contribution is -0.138. The molecular formula is C23H12F6N2O2. The summed E-state index contributed by atoms with van der Waals surface area (Å²) < 4.78 is 84.4. The third-order valence-electron chi connectivity index (χ3n) is 5.76. The standard InChI is InChI=1S/C23H12F6N2O2/c1-30-20(32)11-5-2-8-14(17(11)21(30)33)31-15-9-3-6-12(22(24,25)26)18(15)19-13(23(27,28)29)7-4-10-16(19)31/h2-10H,1H3. The lowest BCUT2D eigenvalue weighted by Crippen LogP contribution is -2.24. The average Bonchev–Trinajstić information content (AvgIpc) is 3.20. The number of aromatic nitrogens is 1. The number of nitrogens with zero attached hydrogens (tertiary/aromatic N) is 2. The van der Waals surface area contributed by atoms with Crippen LogP contribution in [0.4, 0.5) is 26.3 Å². The van der Waals surface area contributed by atoms with Crippen molar-refractivity contribution in [1.29, 1.82) is 0 Å². The van der Waals surface area contributed by atoms with Gasteiger partial charge < -0.3 is 4.57 Å². The van der Waals surface area contributed by atoms with Gasteiger partial charge in [-0.1, -0.05) is 18.2 Å². The second kappa shape index (κ2) is 6.60. The van der Waals surface area contributed by atoms with E-state index in [4.69, 9.17) is 0 Å². The predicted molar refractivity (Wildman–Crippen MR) is 107 cm³/mol. The Kier molecular flexibility index (Phi) is 4.21. The van der Waals surface area contributed by atoms with Crippen LogP contribution in [0, 0.1) is 0 Å². The Hall–Kier alpha value is -3.82. The fraction of sp³-hybridized carbons (Fsp3) is 0.130. The molecule has 0 unspecified atom stereocenters. The number of hydrogen-bond acceptors (Lipinski definition) is 2. The van der Waals surface area contributed by atoms with Crippen molar-refractivity contribution in [1.82, 2.24) is 9.47 Å². The number of rotatable bonds is 1. The van der Waals surface area contributed by atoms with Crippen LogP contribution in [0.1, 0.15) is 31.8 Å². The summed E-state index contributed by atoms with van der Waals surface area (Å²) >= 11 is 0. The number of fused-ring (bicyclic) bond motifs is 4. The summed E-state index contributed by atoms with van der Waals surface area (Å²) in [6.45, 7) is 0. The third kappa shape index (κ3) is 2.86. The highest BCUT2D eigenvalue weighted by atomic mass is 19.4. The quantitative estimate of drug-likeness (QED) is 0.255. The van der Waals surface area contributed by atoms with Crippen molar-refractivity contribution in [2.45, 2.75) is 12.4 Å². The van der Waals surface area contributed by atoms with Crippen LogP contribution >= 0.6 is 0 Å². The highest BCUT2D eigenvalue weighted by molar-refractivity contribution is 6.23. The molecule has 4 nitrogen and oxygen atoms in total. The Morgan fingerprint density at radius 1 is 0.667 bits per heavy atom. The molecule has 0 bridgehead atoms. The molecule has 1 aromatic heterocycles. The summed E-state index contributed by atoms with van der Waals surface area (Å²) in [4.78, 5) is 26.1. The first-order valence-electron chi connectivity index (χ1n) is 9.59. The molecule has 5 rings (SSSR count). The van der Waals surface area contributed by atoms with E-state index in [1.54, 1.807) is 0 Å². The summed E-state index contributed by atoms with van der Waals surface area (Å²) in [5.41, 5.74) is -2.83. The first-order chi connectivity index (χ1) is 15.4. The molecule has 1 aliphatic heterocycles. The van der Waals surface area contributed by atoms with Crippen molar-refractivity contribution < 1.29 is 35.9 Å². The van der Waals surface area contributed by atoms with Crippen molar-refractivity contribution in [3.05, 3.63) is 76.9 Å². The Morgan fingerprint density at radius 3 is 1.64 bits per heavy atom. The molecule has 168 valence electrons. The van der Waals surface area contributed by atoms with Gasteiger partial charge in [-0.3, -0.25) is 14.5 Å².